The first-order valence-corrected chi connectivity index (χ1v) is 14.1. The number of aryl methyl sites for hydroxylation is 1. The van der Waals surface area contributed by atoms with Gasteiger partial charge in [-0.1, -0.05) is 90.9 Å². The number of rotatable bonds is 18. The van der Waals surface area contributed by atoms with Crippen LogP contribution in [0.3, 0.4) is 0 Å². The van der Waals surface area contributed by atoms with Gasteiger partial charge in [-0.05, 0) is 49.1 Å². The van der Waals surface area contributed by atoms with E-state index >= 15 is 0 Å². The van der Waals surface area contributed by atoms with Crippen LogP contribution in [0.5, 0.6) is 5.75 Å². The predicted octanol–water partition coefficient (Wildman–Crippen LogP) is 8.43. The molecule has 6 nitrogen and oxygen atoms in total. The summed E-state index contributed by atoms with van der Waals surface area (Å²) in [7, 11) is 0. The topological polar surface area (TPSA) is 73.8 Å². The average Bonchev–Trinajstić information content (AvgIpc) is 3.63. The second-order valence-corrected chi connectivity index (χ2v) is 9.88. The van der Waals surface area contributed by atoms with Crippen molar-refractivity contribution in [3.05, 3.63) is 42.2 Å². The highest BCUT2D eigenvalue weighted by atomic mass is 16.8. The van der Waals surface area contributed by atoms with Gasteiger partial charge in [0.25, 0.3) is 0 Å². The second kappa shape index (κ2) is 16.3. The monoisotopic (exact) mass is 496 g/mol. The van der Waals surface area contributed by atoms with Crippen LogP contribution < -0.4 is 4.74 Å². The third-order valence-corrected chi connectivity index (χ3v) is 6.68. The molecular formula is C30H44N2O4. The van der Waals surface area contributed by atoms with E-state index in [-0.39, 0.29) is 6.10 Å². The molecule has 2 aromatic rings. The average molecular weight is 497 g/mol. The number of nitrogens with zero attached hydrogens (tertiary/aromatic N) is 2. The molecule has 198 valence electrons. The molecule has 0 unspecified atom stereocenters. The molecule has 1 aromatic carbocycles. The molecule has 1 saturated heterocycles. The molecule has 1 aliphatic heterocycles. The van der Waals surface area contributed by atoms with Crippen LogP contribution in [0.4, 0.5) is 4.79 Å². The lowest BCUT2D eigenvalue weighted by Crippen LogP contribution is -2.14. The predicted molar refractivity (Wildman–Crippen MR) is 143 cm³/mol. The van der Waals surface area contributed by atoms with Gasteiger partial charge in [0.2, 0.25) is 6.29 Å². The van der Waals surface area contributed by atoms with Gasteiger partial charge >= 0.3 is 6.16 Å². The summed E-state index contributed by atoms with van der Waals surface area (Å²) in [6, 6.07) is 7.16. The lowest BCUT2D eigenvalue weighted by atomic mass is 10.1. The van der Waals surface area contributed by atoms with Gasteiger partial charge in [0, 0.05) is 18.0 Å². The van der Waals surface area contributed by atoms with Crippen molar-refractivity contribution in [2.24, 2.45) is 0 Å². The lowest BCUT2D eigenvalue weighted by molar-refractivity contribution is 0.0562. The molecule has 0 saturated carbocycles. The van der Waals surface area contributed by atoms with E-state index < -0.39 is 12.4 Å². The van der Waals surface area contributed by atoms with Gasteiger partial charge < -0.3 is 14.2 Å². The Kier molecular flexibility index (Phi) is 12.7. The van der Waals surface area contributed by atoms with Crippen molar-refractivity contribution in [3.8, 4) is 17.1 Å². The van der Waals surface area contributed by atoms with Crippen molar-refractivity contribution in [2.45, 2.75) is 123 Å². The number of hydrogen-bond acceptors (Lipinski definition) is 6. The number of ether oxygens (including phenoxy) is 3. The number of unbranched alkanes of at least 4 members (excludes halogenated alkanes) is 11. The first-order chi connectivity index (χ1) is 17.7. The largest absolute Gasteiger partial charge is 0.516 e. The SMILES string of the molecule is CCCCCCCCCc1cnc(-c2ccc(OC(=O)O[C@H]3O[C@H]3CCCCCCCC)cc2)nc1. The highest BCUT2D eigenvalue weighted by Crippen LogP contribution is 2.29. The first-order valence-electron chi connectivity index (χ1n) is 14.1. The third-order valence-electron chi connectivity index (χ3n) is 6.68. The van der Waals surface area contributed by atoms with Gasteiger partial charge in [0.05, 0.1) is 0 Å². The molecular weight excluding hydrogens is 452 g/mol. The van der Waals surface area contributed by atoms with Crippen molar-refractivity contribution in [1.29, 1.82) is 0 Å². The Bertz CT molecular complexity index is 870. The number of benzene rings is 1. The number of carbonyl (C=O) groups is 1. The second-order valence-electron chi connectivity index (χ2n) is 9.88. The maximum Gasteiger partial charge on any atom is 0.516 e. The molecule has 1 aliphatic rings. The summed E-state index contributed by atoms with van der Waals surface area (Å²) in [5.41, 5.74) is 2.05. The molecule has 0 spiro atoms. The van der Waals surface area contributed by atoms with Crippen LogP contribution in [0.25, 0.3) is 11.4 Å². The van der Waals surface area contributed by atoms with Gasteiger partial charge in [-0.15, -0.1) is 0 Å². The molecule has 1 fully saturated rings. The highest BCUT2D eigenvalue weighted by molar-refractivity contribution is 5.65. The van der Waals surface area contributed by atoms with Crippen molar-refractivity contribution in [1.82, 2.24) is 9.97 Å². The summed E-state index contributed by atoms with van der Waals surface area (Å²) in [5.74, 6) is 1.09. The Labute approximate surface area is 217 Å². The number of epoxide rings is 1. The standard InChI is InChI=1S/C30H44N2O4/c1-3-5-7-9-11-12-14-16-24-22-31-28(32-23-24)25-18-20-26(21-19-25)34-30(33)36-29-27(35-29)17-15-13-10-8-6-4-2/h18-23,27,29H,3-17H2,1-2H3/t27-,29+/m0/s1. The smallest absolute Gasteiger partial charge is 0.401 e. The number of carbonyl (C=O) groups excluding carboxylic acids is 1. The molecule has 0 radical (unpaired) electrons. The van der Waals surface area contributed by atoms with Crippen LogP contribution >= 0.6 is 0 Å². The van der Waals surface area contributed by atoms with E-state index in [1.807, 2.05) is 24.5 Å². The zero-order valence-corrected chi connectivity index (χ0v) is 22.3. The van der Waals surface area contributed by atoms with Crippen molar-refractivity contribution < 1.29 is 19.0 Å². The van der Waals surface area contributed by atoms with E-state index in [4.69, 9.17) is 14.2 Å². The van der Waals surface area contributed by atoms with Gasteiger partial charge in [-0.25, -0.2) is 14.8 Å². The summed E-state index contributed by atoms with van der Waals surface area (Å²) in [4.78, 5) is 21.1. The summed E-state index contributed by atoms with van der Waals surface area (Å²) in [6.07, 6.45) is 21.1. The fourth-order valence-electron chi connectivity index (χ4n) is 4.37. The van der Waals surface area contributed by atoms with Crippen molar-refractivity contribution >= 4 is 6.16 Å². The number of aromatic nitrogens is 2. The van der Waals surface area contributed by atoms with Crippen LogP contribution in [0.15, 0.2) is 36.7 Å². The van der Waals surface area contributed by atoms with E-state index in [0.29, 0.717) is 11.6 Å². The highest BCUT2D eigenvalue weighted by Gasteiger charge is 2.42. The molecule has 2 atom stereocenters. The van der Waals surface area contributed by atoms with E-state index in [1.54, 1.807) is 12.1 Å². The molecule has 0 bridgehead atoms. The molecule has 0 amide bonds. The Balaban J connectivity index is 1.31. The van der Waals surface area contributed by atoms with Crippen LogP contribution in [0, 0.1) is 0 Å². The molecule has 3 rings (SSSR count). The van der Waals surface area contributed by atoms with E-state index in [0.717, 1.165) is 24.8 Å². The van der Waals surface area contributed by atoms with Crippen LogP contribution in [0.2, 0.25) is 0 Å². The molecule has 1 aromatic heterocycles. The minimum Gasteiger partial charge on any atom is -0.401 e. The van der Waals surface area contributed by atoms with E-state index in [9.17, 15) is 4.79 Å². The maximum absolute atomic E-state index is 12.1. The Morgan fingerprint density at radius 1 is 0.806 bits per heavy atom. The summed E-state index contributed by atoms with van der Waals surface area (Å²) >= 11 is 0. The summed E-state index contributed by atoms with van der Waals surface area (Å²) in [5, 5.41) is 0. The first kappa shape index (κ1) is 28.1. The van der Waals surface area contributed by atoms with Crippen molar-refractivity contribution in [2.75, 3.05) is 0 Å². The summed E-state index contributed by atoms with van der Waals surface area (Å²) < 4.78 is 16.0. The minimum absolute atomic E-state index is 0.0111. The Morgan fingerprint density at radius 3 is 2.03 bits per heavy atom. The van der Waals surface area contributed by atoms with Gasteiger partial charge in [0.1, 0.15) is 11.9 Å². The van der Waals surface area contributed by atoms with Crippen LogP contribution in [0.1, 0.15) is 109 Å². The fraction of sp³-hybridized carbons (Fsp3) is 0.633. The quantitative estimate of drug-likeness (QED) is 0.0892. The molecule has 36 heavy (non-hydrogen) atoms. The van der Waals surface area contributed by atoms with E-state index in [1.165, 1.54) is 82.6 Å². The fourth-order valence-corrected chi connectivity index (χ4v) is 4.37. The normalized spacial score (nSPS) is 16.6. The van der Waals surface area contributed by atoms with Crippen LogP contribution in [-0.4, -0.2) is 28.5 Å². The van der Waals surface area contributed by atoms with E-state index in [2.05, 4.69) is 23.8 Å². The Hall–Kier alpha value is -2.47. The molecule has 0 aliphatic carbocycles. The summed E-state index contributed by atoms with van der Waals surface area (Å²) in [6.45, 7) is 4.47. The van der Waals surface area contributed by atoms with Crippen molar-refractivity contribution in [3.63, 3.8) is 0 Å². The van der Waals surface area contributed by atoms with Crippen LogP contribution in [-0.2, 0) is 15.9 Å². The Morgan fingerprint density at radius 2 is 1.39 bits per heavy atom. The third kappa shape index (κ3) is 10.7. The molecule has 6 heteroatoms. The zero-order valence-electron chi connectivity index (χ0n) is 22.3. The van der Waals surface area contributed by atoms with Gasteiger partial charge in [-0.3, -0.25) is 0 Å². The number of hydrogen-bond donors (Lipinski definition) is 0. The maximum atomic E-state index is 12.1. The zero-order chi connectivity index (χ0) is 25.4. The van der Waals surface area contributed by atoms with Gasteiger partial charge in [0.15, 0.2) is 5.82 Å². The lowest BCUT2D eigenvalue weighted by Gasteiger charge is -2.06. The van der Waals surface area contributed by atoms with Gasteiger partial charge in [-0.2, -0.15) is 0 Å². The minimum atomic E-state index is -0.732. The molecule has 2 heterocycles. The molecule has 0 N–H and O–H groups in total.